The maximum absolute atomic E-state index is 10.6. The number of aliphatic hydroxyl groups is 1. The Morgan fingerprint density at radius 2 is 2.23 bits per heavy atom. The van der Waals surface area contributed by atoms with Crippen LogP contribution in [-0.2, 0) is 11.8 Å². The van der Waals surface area contributed by atoms with E-state index in [1.807, 2.05) is 12.1 Å². The number of benzene rings is 1. The minimum Gasteiger partial charge on any atom is -0.493 e. The van der Waals surface area contributed by atoms with Crippen LogP contribution in [0.2, 0.25) is 0 Å². The number of piperidine rings is 1. The molecule has 1 aromatic carbocycles. The van der Waals surface area contributed by atoms with Crippen molar-refractivity contribution in [3.05, 3.63) is 35.4 Å². The monoisotopic (exact) mass is 299 g/mol. The number of rotatable bonds is 1. The lowest BCUT2D eigenvalue weighted by Crippen LogP contribution is -2.64. The Bertz CT molecular complexity index is 685. The van der Waals surface area contributed by atoms with Crippen LogP contribution in [-0.4, -0.2) is 49.0 Å². The Labute approximate surface area is 130 Å². The lowest BCUT2D eigenvalue weighted by Gasteiger charge is -2.56. The first-order valence-electron chi connectivity index (χ1n) is 8.10. The van der Waals surface area contributed by atoms with Crippen molar-refractivity contribution in [2.24, 2.45) is 5.92 Å². The van der Waals surface area contributed by atoms with Gasteiger partial charge in [0.15, 0.2) is 11.5 Å². The third-order valence-corrected chi connectivity index (χ3v) is 6.35. The van der Waals surface area contributed by atoms with Gasteiger partial charge in [-0.25, -0.2) is 0 Å². The highest BCUT2D eigenvalue weighted by atomic mass is 16.5. The van der Waals surface area contributed by atoms with Gasteiger partial charge in [-0.2, -0.15) is 0 Å². The Morgan fingerprint density at radius 1 is 1.36 bits per heavy atom. The third-order valence-electron chi connectivity index (χ3n) is 6.35. The molecule has 0 aromatic heterocycles. The van der Waals surface area contributed by atoms with E-state index in [0.29, 0.717) is 12.0 Å². The van der Waals surface area contributed by atoms with Crippen molar-refractivity contribution in [2.75, 3.05) is 20.7 Å². The molecule has 2 aliphatic heterocycles. The number of likely N-dealkylation sites (tertiary alicyclic amines) is 1. The summed E-state index contributed by atoms with van der Waals surface area (Å²) >= 11 is 0. The van der Waals surface area contributed by atoms with Crippen molar-refractivity contribution in [2.45, 2.75) is 36.5 Å². The Morgan fingerprint density at radius 3 is 3.05 bits per heavy atom. The lowest BCUT2D eigenvalue weighted by atomic mass is 9.53. The summed E-state index contributed by atoms with van der Waals surface area (Å²) in [5, 5.41) is 10.6. The van der Waals surface area contributed by atoms with E-state index in [0.717, 1.165) is 30.9 Å². The minimum absolute atomic E-state index is 0.0806. The number of likely N-dealkylation sites (N-methyl/N-ethyl adjacent to an activating group) is 1. The second kappa shape index (κ2) is 4.06. The second-order valence-corrected chi connectivity index (χ2v) is 7.11. The van der Waals surface area contributed by atoms with Gasteiger partial charge >= 0.3 is 0 Å². The molecule has 0 radical (unpaired) electrons. The van der Waals surface area contributed by atoms with Crippen LogP contribution < -0.4 is 9.47 Å². The van der Waals surface area contributed by atoms with Crippen LogP contribution in [0.3, 0.4) is 0 Å². The van der Waals surface area contributed by atoms with Gasteiger partial charge in [-0.3, -0.25) is 0 Å². The lowest BCUT2D eigenvalue weighted by molar-refractivity contribution is -0.0453. The van der Waals surface area contributed by atoms with Crippen LogP contribution in [0.25, 0.3) is 0 Å². The Hall–Kier alpha value is -1.52. The van der Waals surface area contributed by atoms with Gasteiger partial charge in [0.1, 0.15) is 12.2 Å². The molecule has 1 saturated heterocycles. The molecule has 0 unspecified atom stereocenters. The maximum atomic E-state index is 10.6. The first-order chi connectivity index (χ1) is 10.7. The first-order valence-corrected chi connectivity index (χ1v) is 8.10. The molecule has 116 valence electrons. The number of ether oxygens (including phenoxy) is 2. The summed E-state index contributed by atoms with van der Waals surface area (Å²) in [7, 11) is 3.91. The Balaban J connectivity index is 1.82. The number of nitrogens with zero attached hydrogens (tertiary/aromatic N) is 1. The van der Waals surface area contributed by atoms with Gasteiger partial charge in [0, 0.05) is 22.9 Å². The summed E-state index contributed by atoms with van der Waals surface area (Å²) in [6, 6.07) is 4.70. The second-order valence-electron chi connectivity index (χ2n) is 7.11. The molecule has 2 bridgehead atoms. The van der Waals surface area contributed by atoms with Crippen LogP contribution >= 0.6 is 0 Å². The van der Waals surface area contributed by atoms with E-state index in [4.69, 9.17) is 9.47 Å². The molecule has 4 aliphatic rings. The minimum atomic E-state index is -0.539. The molecule has 1 fully saturated rings. The largest absolute Gasteiger partial charge is 0.493 e. The van der Waals surface area contributed by atoms with Crippen LogP contribution in [0.4, 0.5) is 0 Å². The SMILES string of the molecule is COc1ccc2c3c1O[C@H]1[C@@H](O)C=C[C@H]4[C@H](C2)N(C)CC[C@@]341. The molecular weight excluding hydrogens is 278 g/mol. The molecule has 22 heavy (non-hydrogen) atoms. The van der Waals surface area contributed by atoms with Crippen LogP contribution in [0.5, 0.6) is 11.5 Å². The molecule has 1 aromatic rings. The fraction of sp³-hybridized carbons (Fsp3) is 0.556. The van der Waals surface area contributed by atoms with Crippen LogP contribution in [0, 0.1) is 5.92 Å². The normalized spacial score (nSPS) is 41.0. The van der Waals surface area contributed by atoms with Crippen LogP contribution in [0.15, 0.2) is 24.3 Å². The van der Waals surface area contributed by atoms with E-state index in [9.17, 15) is 5.11 Å². The average Bonchev–Trinajstić information content (AvgIpc) is 2.88. The highest BCUT2D eigenvalue weighted by Crippen LogP contribution is 2.62. The van der Waals surface area contributed by atoms with Gasteiger partial charge in [-0.05, 0) is 38.1 Å². The van der Waals surface area contributed by atoms with E-state index in [-0.39, 0.29) is 11.5 Å². The van der Waals surface area contributed by atoms with Gasteiger partial charge in [0.25, 0.3) is 0 Å². The predicted octanol–water partition coefficient (Wildman–Crippen LogP) is 1.50. The van der Waals surface area contributed by atoms with Crippen molar-refractivity contribution in [1.29, 1.82) is 0 Å². The highest BCUT2D eigenvalue weighted by Gasteiger charge is 2.64. The Kier molecular flexibility index (Phi) is 2.39. The zero-order chi connectivity index (χ0) is 15.1. The number of methoxy groups -OCH3 is 1. The summed E-state index contributed by atoms with van der Waals surface area (Å²) in [4.78, 5) is 2.47. The fourth-order valence-electron chi connectivity index (χ4n) is 5.39. The number of hydrogen-bond acceptors (Lipinski definition) is 4. The van der Waals surface area contributed by atoms with Crippen molar-refractivity contribution in [3.63, 3.8) is 0 Å². The van der Waals surface area contributed by atoms with Gasteiger partial charge in [-0.1, -0.05) is 18.2 Å². The predicted molar refractivity (Wildman–Crippen MR) is 82.5 cm³/mol. The molecule has 2 heterocycles. The summed E-state index contributed by atoms with van der Waals surface area (Å²) < 4.78 is 11.8. The van der Waals surface area contributed by atoms with Gasteiger partial charge < -0.3 is 19.5 Å². The average molecular weight is 299 g/mol. The molecule has 5 atom stereocenters. The first kappa shape index (κ1) is 13.0. The van der Waals surface area contributed by atoms with Crippen LogP contribution in [0.1, 0.15) is 17.5 Å². The summed E-state index contributed by atoms with van der Waals surface area (Å²) in [5.74, 6) is 2.09. The molecule has 4 heteroatoms. The quantitative estimate of drug-likeness (QED) is 0.798. The molecule has 4 nitrogen and oxygen atoms in total. The zero-order valence-corrected chi connectivity index (χ0v) is 13.0. The molecule has 1 N–H and O–H groups in total. The van der Waals surface area contributed by atoms with Crippen molar-refractivity contribution in [3.8, 4) is 11.5 Å². The standard InChI is InChI=1S/C18H21NO3/c1-19-8-7-18-11-4-5-13(20)17(18)22-16-14(21-2)6-3-10(15(16)18)9-12(11)19/h3-6,11-13,17,20H,7-9H2,1-2H3/t11-,12-,13-,17-,18-/m0/s1. The van der Waals surface area contributed by atoms with Crippen molar-refractivity contribution < 1.29 is 14.6 Å². The highest BCUT2D eigenvalue weighted by molar-refractivity contribution is 5.62. The van der Waals surface area contributed by atoms with E-state index < -0.39 is 6.10 Å². The van der Waals surface area contributed by atoms with E-state index in [1.165, 1.54) is 11.1 Å². The molecule has 1 spiro atoms. The van der Waals surface area contributed by atoms with E-state index >= 15 is 0 Å². The smallest absolute Gasteiger partial charge is 0.165 e. The summed E-state index contributed by atoms with van der Waals surface area (Å²) in [6.07, 6.45) is 5.54. The maximum Gasteiger partial charge on any atom is 0.165 e. The third kappa shape index (κ3) is 1.28. The molecule has 2 aliphatic carbocycles. The summed E-state index contributed by atoms with van der Waals surface area (Å²) in [5.41, 5.74) is 2.60. The number of aliphatic hydroxyl groups excluding tert-OH is 1. The molecule has 5 rings (SSSR count). The van der Waals surface area contributed by atoms with Crippen molar-refractivity contribution in [1.82, 2.24) is 4.90 Å². The van der Waals surface area contributed by atoms with Gasteiger partial charge in [0.2, 0.25) is 0 Å². The van der Waals surface area contributed by atoms with Crippen molar-refractivity contribution >= 4 is 0 Å². The molecule has 0 saturated carbocycles. The van der Waals surface area contributed by atoms with E-state index in [1.54, 1.807) is 7.11 Å². The van der Waals surface area contributed by atoms with Gasteiger partial charge in [-0.15, -0.1) is 0 Å². The molecular formula is C18H21NO3. The number of hydrogen-bond donors (Lipinski definition) is 1. The fourth-order valence-corrected chi connectivity index (χ4v) is 5.39. The summed E-state index contributed by atoms with van der Waals surface area (Å²) in [6.45, 7) is 1.05. The molecule has 0 amide bonds. The van der Waals surface area contributed by atoms with E-state index in [2.05, 4.69) is 24.1 Å². The topological polar surface area (TPSA) is 41.9 Å². The van der Waals surface area contributed by atoms with Gasteiger partial charge in [0.05, 0.1) is 7.11 Å². The zero-order valence-electron chi connectivity index (χ0n) is 13.0.